The monoisotopic (exact) mass is 382 g/mol. The molecule has 1 amide bonds. The van der Waals surface area contributed by atoms with E-state index in [9.17, 15) is 13.2 Å². The van der Waals surface area contributed by atoms with Crippen molar-refractivity contribution in [3.8, 4) is 11.5 Å². The van der Waals surface area contributed by atoms with Gasteiger partial charge in [0.2, 0.25) is 10.0 Å². The number of amides is 1. The Bertz CT molecular complexity index is 753. The van der Waals surface area contributed by atoms with Gasteiger partial charge < -0.3 is 14.8 Å². The SMILES string of the molecule is COc1ccc(C(=O)NCC2CCN(S(=O)(=O)C3CC3)CC2)c(OC)c1. The molecule has 2 aliphatic rings. The van der Waals surface area contributed by atoms with Gasteiger partial charge in [0.25, 0.3) is 5.91 Å². The van der Waals surface area contributed by atoms with Gasteiger partial charge in [-0.15, -0.1) is 0 Å². The summed E-state index contributed by atoms with van der Waals surface area (Å²) in [5.41, 5.74) is 0.460. The van der Waals surface area contributed by atoms with Gasteiger partial charge in [-0.05, 0) is 43.7 Å². The third-order valence-electron chi connectivity index (χ3n) is 5.08. The van der Waals surface area contributed by atoms with Crippen molar-refractivity contribution >= 4 is 15.9 Å². The Morgan fingerprint density at radius 3 is 2.42 bits per heavy atom. The van der Waals surface area contributed by atoms with Crippen LogP contribution >= 0.6 is 0 Å². The van der Waals surface area contributed by atoms with Gasteiger partial charge in [0.1, 0.15) is 11.5 Å². The number of nitrogens with one attached hydrogen (secondary N) is 1. The molecule has 1 saturated heterocycles. The van der Waals surface area contributed by atoms with Crippen LogP contribution in [0.2, 0.25) is 0 Å². The van der Waals surface area contributed by atoms with Crippen LogP contribution in [-0.4, -0.2) is 57.7 Å². The molecule has 0 bridgehead atoms. The summed E-state index contributed by atoms with van der Waals surface area (Å²) in [6, 6.07) is 5.08. The standard InChI is InChI=1S/C18H26N2O5S/c1-24-14-3-6-16(17(11-14)25-2)18(21)19-12-13-7-9-20(10-8-13)26(22,23)15-4-5-15/h3,6,11,13,15H,4-5,7-10,12H2,1-2H3,(H,19,21). The summed E-state index contributed by atoms with van der Waals surface area (Å²) in [7, 11) is -0.00929. The lowest BCUT2D eigenvalue weighted by molar-refractivity contribution is 0.0938. The van der Waals surface area contributed by atoms with Crippen LogP contribution in [0.1, 0.15) is 36.0 Å². The van der Waals surface area contributed by atoms with Crippen molar-refractivity contribution in [3.05, 3.63) is 23.8 Å². The molecule has 0 aromatic heterocycles. The van der Waals surface area contributed by atoms with E-state index in [-0.39, 0.29) is 17.1 Å². The number of carbonyl (C=O) groups is 1. The molecular weight excluding hydrogens is 356 g/mol. The number of benzene rings is 1. The molecular formula is C18H26N2O5S. The van der Waals surface area contributed by atoms with E-state index >= 15 is 0 Å². The average Bonchev–Trinajstić information content (AvgIpc) is 3.51. The van der Waals surface area contributed by atoms with Gasteiger partial charge in [-0.2, -0.15) is 0 Å². The van der Waals surface area contributed by atoms with Crippen molar-refractivity contribution in [1.29, 1.82) is 0 Å². The van der Waals surface area contributed by atoms with Gasteiger partial charge in [0, 0.05) is 25.7 Å². The van der Waals surface area contributed by atoms with Gasteiger partial charge >= 0.3 is 0 Å². The largest absolute Gasteiger partial charge is 0.497 e. The smallest absolute Gasteiger partial charge is 0.255 e. The second-order valence-corrected chi connectivity index (χ2v) is 9.08. The zero-order valence-electron chi connectivity index (χ0n) is 15.2. The molecule has 1 saturated carbocycles. The summed E-state index contributed by atoms with van der Waals surface area (Å²) in [6.07, 6.45) is 3.13. The maximum atomic E-state index is 12.4. The van der Waals surface area contributed by atoms with Gasteiger partial charge in [-0.1, -0.05) is 0 Å². The first-order valence-corrected chi connectivity index (χ1v) is 10.4. The van der Waals surface area contributed by atoms with E-state index in [2.05, 4.69) is 5.32 Å². The van der Waals surface area contributed by atoms with Crippen LogP contribution in [0.15, 0.2) is 18.2 Å². The number of methoxy groups -OCH3 is 2. The number of carbonyl (C=O) groups excluding carboxylic acids is 1. The summed E-state index contributed by atoms with van der Waals surface area (Å²) in [6.45, 7) is 1.63. The molecule has 26 heavy (non-hydrogen) atoms. The van der Waals surface area contributed by atoms with Gasteiger partial charge in [0.05, 0.1) is 25.0 Å². The first-order valence-electron chi connectivity index (χ1n) is 8.95. The van der Waals surface area contributed by atoms with E-state index in [1.54, 1.807) is 29.6 Å². The third kappa shape index (κ3) is 4.12. The van der Waals surface area contributed by atoms with E-state index in [1.165, 1.54) is 7.11 Å². The predicted molar refractivity (Wildman–Crippen MR) is 98.1 cm³/mol. The molecule has 144 valence electrons. The van der Waals surface area contributed by atoms with Crippen molar-refractivity contribution in [2.24, 2.45) is 5.92 Å². The highest BCUT2D eigenvalue weighted by Crippen LogP contribution is 2.33. The van der Waals surface area contributed by atoms with E-state index in [0.717, 1.165) is 25.7 Å². The minimum atomic E-state index is -3.08. The predicted octanol–water partition coefficient (Wildman–Crippen LogP) is 1.64. The molecule has 0 atom stereocenters. The van der Waals surface area contributed by atoms with Gasteiger partial charge in [0.15, 0.2) is 0 Å². The van der Waals surface area contributed by atoms with Crippen LogP contribution in [0, 0.1) is 5.92 Å². The Morgan fingerprint density at radius 2 is 1.85 bits per heavy atom. The number of sulfonamides is 1. The lowest BCUT2D eigenvalue weighted by Crippen LogP contribution is -2.42. The average molecular weight is 382 g/mol. The van der Waals surface area contributed by atoms with E-state index in [1.807, 2.05) is 0 Å². The lowest BCUT2D eigenvalue weighted by atomic mass is 9.98. The molecule has 0 unspecified atom stereocenters. The van der Waals surface area contributed by atoms with Crippen LogP contribution < -0.4 is 14.8 Å². The number of rotatable bonds is 7. The van der Waals surface area contributed by atoms with E-state index in [0.29, 0.717) is 36.7 Å². The fourth-order valence-electron chi connectivity index (χ4n) is 3.26. The summed E-state index contributed by atoms with van der Waals surface area (Å²) < 4.78 is 36.5. The first kappa shape index (κ1) is 19.0. The maximum Gasteiger partial charge on any atom is 0.255 e. The second-order valence-electron chi connectivity index (χ2n) is 6.86. The molecule has 8 heteroatoms. The fourth-order valence-corrected chi connectivity index (χ4v) is 5.14. The Balaban J connectivity index is 1.51. The molecule has 1 aliphatic carbocycles. The number of piperidine rings is 1. The Hall–Kier alpha value is -1.80. The van der Waals surface area contributed by atoms with Crippen LogP contribution in [0.25, 0.3) is 0 Å². The second kappa shape index (κ2) is 7.84. The Morgan fingerprint density at radius 1 is 1.15 bits per heavy atom. The van der Waals surface area contributed by atoms with Crippen molar-refractivity contribution in [1.82, 2.24) is 9.62 Å². The van der Waals surface area contributed by atoms with Crippen LogP contribution in [0.5, 0.6) is 11.5 Å². The molecule has 7 nitrogen and oxygen atoms in total. The zero-order chi connectivity index (χ0) is 18.7. The normalized spacial score (nSPS) is 19.2. The Kier molecular flexibility index (Phi) is 5.72. The van der Waals surface area contributed by atoms with Crippen LogP contribution in [0.3, 0.4) is 0 Å². The third-order valence-corrected chi connectivity index (χ3v) is 7.48. The zero-order valence-corrected chi connectivity index (χ0v) is 16.0. The molecule has 1 heterocycles. The minimum Gasteiger partial charge on any atom is -0.497 e. The molecule has 2 fully saturated rings. The molecule has 0 radical (unpaired) electrons. The van der Waals surface area contributed by atoms with Crippen molar-refractivity contribution in [2.45, 2.75) is 30.9 Å². The van der Waals surface area contributed by atoms with E-state index in [4.69, 9.17) is 9.47 Å². The summed E-state index contributed by atoms with van der Waals surface area (Å²) in [4.78, 5) is 12.4. The van der Waals surface area contributed by atoms with Crippen molar-refractivity contribution in [3.63, 3.8) is 0 Å². The molecule has 1 aromatic carbocycles. The minimum absolute atomic E-state index is 0.152. The molecule has 3 rings (SSSR count). The highest BCUT2D eigenvalue weighted by atomic mass is 32.2. The topological polar surface area (TPSA) is 84.9 Å². The Labute approximate surface area is 154 Å². The van der Waals surface area contributed by atoms with E-state index < -0.39 is 10.0 Å². The number of ether oxygens (including phenoxy) is 2. The van der Waals surface area contributed by atoms with Crippen molar-refractivity contribution < 1.29 is 22.7 Å². The summed E-state index contributed by atoms with van der Waals surface area (Å²) in [5.74, 6) is 1.18. The number of hydrogen-bond acceptors (Lipinski definition) is 5. The van der Waals surface area contributed by atoms with Crippen molar-refractivity contribution in [2.75, 3.05) is 33.9 Å². The lowest BCUT2D eigenvalue weighted by Gasteiger charge is -2.31. The van der Waals surface area contributed by atoms with Gasteiger partial charge in [-0.25, -0.2) is 12.7 Å². The van der Waals surface area contributed by atoms with Crippen LogP contribution in [-0.2, 0) is 10.0 Å². The fraction of sp³-hybridized carbons (Fsp3) is 0.611. The summed E-state index contributed by atoms with van der Waals surface area (Å²) in [5, 5.41) is 2.79. The highest BCUT2D eigenvalue weighted by Gasteiger charge is 2.41. The summed E-state index contributed by atoms with van der Waals surface area (Å²) >= 11 is 0. The molecule has 1 N–H and O–H groups in total. The quantitative estimate of drug-likeness (QED) is 0.775. The molecule has 0 spiro atoms. The first-order chi connectivity index (χ1) is 12.5. The molecule has 1 aromatic rings. The number of hydrogen-bond donors (Lipinski definition) is 1. The molecule has 1 aliphatic heterocycles. The number of nitrogens with zero attached hydrogens (tertiary/aromatic N) is 1. The highest BCUT2D eigenvalue weighted by molar-refractivity contribution is 7.90. The maximum absolute atomic E-state index is 12.4. The van der Waals surface area contributed by atoms with Gasteiger partial charge in [-0.3, -0.25) is 4.79 Å². The van der Waals surface area contributed by atoms with Crippen LogP contribution in [0.4, 0.5) is 0 Å².